The van der Waals surface area contributed by atoms with Crippen molar-refractivity contribution in [2.24, 2.45) is 5.41 Å². The van der Waals surface area contributed by atoms with E-state index in [0.717, 1.165) is 0 Å². The second-order valence-corrected chi connectivity index (χ2v) is 11.9. The molecular weight excluding hydrogens is 567 g/mol. The van der Waals surface area contributed by atoms with E-state index < -0.39 is 62.9 Å². The van der Waals surface area contributed by atoms with Gasteiger partial charge < -0.3 is 29.9 Å². The Balaban J connectivity index is 1.59. The lowest BCUT2D eigenvalue weighted by Gasteiger charge is -2.31. The summed E-state index contributed by atoms with van der Waals surface area (Å²) in [7, 11) is -4.23. The molecule has 4 rings (SSSR count). The molecule has 1 fully saturated rings. The maximum absolute atomic E-state index is 13.9. The molecule has 14 nitrogen and oxygen atoms in total. The first-order valence-electron chi connectivity index (χ1n) is 12.4. The molecule has 3 aromatic rings. The average Bonchev–Trinajstić information content (AvgIpc) is 3.42. The number of anilines is 1. The van der Waals surface area contributed by atoms with Crippen LogP contribution in [0.4, 0.5) is 5.82 Å². The quantitative estimate of drug-likeness (QED) is 0.143. The van der Waals surface area contributed by atoms with Crippen LogP contribution in [0.2, 0.25) is 5.28 Å². The van der Waals surface area contributed by atoms with Crippen LogP contribution in [0, 0.1) is 5.41 Å². The summed E-state index contributed by atoms with van der Waals surface area (Å²) < 4.78 is 38.0. The molecule has 16 heteroatoms. The predicted octanol–water partition coefficient (Wildman–Crippen LogP) is 2.45. The number of aromatic nitrogens is 4. The molecule has 218 valence electrons. The normalized spacial score (nSPS) is 25.1. The number of halogens is 1. The van der Waals surface area contributed by atoms with Crippen LogP contribution in [-0.4, -0.2) is 73.3 Å². The van der Waals surface area contributed by atoms with Crippen molar-refractivity contribution < 1.29 is 38.1 Å². The number of nitrogens with two attached hydrogens (primary N) is 1. The second kappa shape index (κ2) is 12.0. The largest absolute Gasteiger partial charge is 0.462 e. The number of esters is 1. The maximum Gasteiger partial charge on any atom is 0.459 e. The number of ether oxygens (including phenoxy) is 2. The number of para-hydroxylation sites is 1. The molecule has 3 heterocycles. The van der Waals surface area contributed by atoms with E-state index in [0.29, 0.717) is 0 Å². The molecule has 0 spiro atoms. The van der Waals surface area contributed by atoms with Crippen molar-refractivity contribution in [3.05, 3.63) is 41.9 Å². The monoisotopic (exact) mass is 598 g/mol. The lowest BCUT2D eigenvalue weighted by molar-refractivity contribution is -0.149. The van der Waals surface area contributed by atoms with Crippen LogP contribution in [0.5, 0.6) is 5.75 Å². The highest BCUT2D eigenvalue weighted by Gasteiger charge is 2.54. The first-order valence-corrected chi connectivity index (χ1v) is 14.4. The van der Waals surface area contributed by atoms with Gasteiger partial charge in [-0.05, 0) is 44.5 Å². The van der Waals surface area contributed by atoms with Crippen molar-refractivity contribution in [3.8, 4) is 5.75 Å². The lowest BCUT2D eigenvalue weighted by Crippen LogP contribution is -2.43. The number of rotatable bonds is 11. The van der Waals surface area contributed by atoms with Gasteiger partial charge in [-0.2, -0.15) is 15.1 Å². The Morgan fingerprint density at radius 3 is 2.65 bits per heavy atom. The molecule has 0 amide bonds. The number of carbonyl (C=O) groups excluding carboxylic acids is 1. The van der Waals surface area contributed by atoms with Crippen molar-refractivity contribution in [1.29, 1.82) is 0 Å². The van der Waals surface area contributed by atoms with E-state index in [-0.39, 0.29) is 28.0 Å². The Labute approximate surface area is 235 Å². The van der Waals surface area contributed by atoms with Crippen LogP contribution >= 0.6 is 19.3 Å². The molecule has 1 aliphatic heterocycles. The molecular formula is C24H32ClN6O8P. The number of aliphatic hydroxyl groups excluding tert-OH is 2. The fraction of sp³-hybridized carbons (Fsp3) is 0.500. The third-order valence-corrected chi connectivity index (χ3v) is 8.26. The standard InChI is InChI=1S/C24H32ClN6O8P/c1-13(2)37-22(34)14(3)30-40(35,39-15-8-6-5-7-9-15)36-10-16-24(4,11-32)18(33)21(38-16)31-12-27-17-19(26)28-23(25)29-20(17)31/h5-9,12-14,16,18,21,32-33H,10-11H2,1-4H3,(H,30,35)(H2,26,28,29)/t14-,16+,18?,21+,24?,40?/m0/s1. The smallest absolute Gasteiger partial charge is 0.459 e. The van der Waals surface area contributed by atoms with E-state index >= 15 is 0 Å². The fourth-order valence-corrected chi connectivity index (χ4v) is 5.82. The van der Waals surface area contributed by atoms with Crippen molar-refractivity contribution in [2.75, 3.05) is 18.9 Å². The number of aliphatic hydroxyl groups is 2. The summed E-state index contributed by atoms with van der Waals surface area (Å²) in [6.45, 7) is 5.50. The van der Waals surface area contributed by atoms with E-state index in [1.165, 1.54) is 17.8 Å². The predicted molar refractivity (Wildman–Crippen MR) is 144 cm³/mol. The van der Waals surface area contributed by atoms with E-state index in [2.05, 4.69) is 20.0 Å². The summed E-state index contributed by atoms with van der Waals surface area (Å²) in [5, 5.41) is 24.0. The third kappa shape index (κ3) is 6.23. The highest BCUT2D eigenvalue weighted by molar-refractivity contribution is 7.52. The molecule has 2 aromatic heterocycles. The van der Waals surface area contributed by atoms with Crippen LogP contribution in [0.15, 0.2) is 36.7 Å². The fourth-order valence-electron chi connectivity index (χ4n) is 4.15. The summed E-state index contributed by atoms with van der Waals surface area (Å²) in [4.78, 5) is 24.6. The summed E-state index contributed by atoms with van der Waals surface area (Å²) in [5.74, 6) is -0.395. The topological polar surface area (TPSA) is 193 Å². The molecule has 0 saturated carbocycles. The molecule has 3 unspecified atom stereocenters. The van der Waals surface area contributed by atoms with E-state index in [1.54, 1.807) is 51.1 Å². The van der Waals surface area contributed by atoms with E-state index in [4.69, 9.17) is 35.9 Å². The van der Waals surface area contributed by atoms with Gasteiger partial charge in [0.1, 0.15) is 23.4 Å². The first kappa shape index (κ1) is 30.1. The molecule has 1 aliphatic rings. The lowest BCUT2D eigenvalue weighted by atomic mass is 9.81. The minimum Gasteiger partial charge on any atom is -0.462 e. The number of imidazole rings is 1. The maximum atomic E-state index is 13.9. The molecule has 0 bridgehead atoms. The number of hydrogen-bond donors (Lipinski definition) is 4. The van der Waals surface area contributed by atoms with Crippen LogP contribution in [0.3, 0.4) is 0 Å². The van der Waals surface area contributed by atoms with Gasteiger partial charge in [0.05, 0.1) is 31.7 Å². The van der Waals surface area contributed by atoms with Gasteiger partial charge in [0.15, 0.2) is 17.7 Å². The van der Waals surface area contributed by atoms with Gasteiger partial charge in [-0.25, -0.2) is 9.55 Å². The minimum atomic E-state index is -4.23. The number of hydrogen-bond acceptors (Lipinski definition) is 12. The number of nitrogens with zero attached hydrogens (tertiary/aromatic N) is 4. The Bertz CT molecular complexity index is 1390. The Hall–Kier alpha value is -2.84. The van der Waals surface area contributed by atoms with Crippen LogP contribution in [0.1, 0.15) is 33.9 Å². The number of benzene rings is 1. The first-order chi connectivity index (χ1) is 18.9. The van der Waals surface area contributed by atoms with Gasteiger partial charge in [0.2, 0.25) is 5.28 Å². The zero-order valence-corrected chi connectivity index (χ0v) is 24.0. The molecule has 1 saturated heterocycles. The SMILES string of the molecule is CC(C)OC(=O)[C@H](C)NP(=O)(OC[C@H]1O[C@@H](n2cnc3c(N)nc(Cl)nc32)C(O)C1(C)CO)Oc1ccccc1. The van der Waals surface area contributed by atoms with Crippen LogP contribution in [-0.2, 0) is 23.4 Å². The van der Waals surface area contributed by atoms with Crippen molar-refractivity contribution >= 4 is 42.3 Å². The zero-order chi connectivity index (χ0) is 29.2. The molecule has 1 aromatic carbocycles. The van der Waals surface area contributed by atoms with Gasteiger partial charge in [0, 0.05) is 5.41 Å². The Morgan fingerprint density at radius 1 is 1.30 bits per heavy atom. The second-order valence-electron chi connectivity index (χ2n) is 9.86. The summed E-state index contributed by atoms with van der Waals surface area (Å²) >= 11 is 5.97. The number of nitrogens with one attached hydrogen (secondary N) is 1. The molecule has 0 aliphatic carbocycles. The third-order valence-electron chi connectivity index (χ3n) is 6.44. The van der Waals surface area contributed by atoms with Gasteiger partial charge in [0.25, 0.3) is 0 Å². The van der Waals surface area contributed by atoms with Crippen molar-refractivity contribution in [3.63, 3.8) is 0 Å². The summed E-state index contributed by atoms with van der Waals surface area (Å²) in [6.07, 6.45) is -2.42. The zero-order valence-electron chi connectivity index (χ0n) is 22.3. The van der Waals surface area contributed by atoms with Crippen LogP contribution in [0.25, 0.3) is 11.2 Å². The van der Waals surface area contributed by atoms with Gasteiger partial charge in [-0.3, -0.25) is 13.9 Å². The Kier molecular flexibility index (Phi) is 9.00. The average molecular weight is 599 g/mol. The van der Waals surface area contributed by atoms with Crippen molar-refractivity contribution in [1.82, 2.24) is 24.6 Å². The van der Waals surface area contributed by atoms with Crippen LogP contribution < -0.4 is 15.3 Å². The number of nitrogen functional groups attached to an aromatic ring is 1. The van der Waals surface area contributed by atoms with Crippen molar-refractivity contribution in [2.45, 2.75) is 58.3 Å². The minimum absolute atomic E-state index is 0.0428. The molecule has 6 atom stereocenters. The Morgan fingerprint density at radius 2 is 2.00 bits per heavy atom. The number of carbonyl (C=O) groups is 1. The molecule has 0 radical (unpaired) electrons. The molecule has 40 heavy (non-hydrogen) atoms. The van der Waals surface area contributed by atoms with E-state index in [1.807, 2.05) is 0 Å². The van der Waals surface area contributed by atoms with Gasteiger partial charge >= 0.3 is 13.7 Å². The highest BCUT2D eigenvalue weighted by Crippen LogP contribution is 2.49. The number of fused-ring (bicyclic) bond motifs is 1. The highest BCUT2D eigenvalue weighted by atomic mass is 35.5. The summed E-state index contributed by atoms with van der Waals surface area (Å²) in [5.41, 5.74) is 5.07. The summed E-state index contributed by atoms with van der Waals surface area (Å²) in [6, 6.07) is 7.19. The molecule has 5 N–H and O–H groups in total. The van der Waals surface area contributed by atoms with Gasteiger partial charge in [-0.15, -0.1) is 0 Å². The van der Waals surface area contributed by atoms with Gasteiger partial charge in [-0.1, -0.05) is 25.1 Å². The van der Waals surface area contributed by atoms with E-state index in [9.17, 15) is 19.6 Å².